The molecule has 0 saturated heterocycles. The molecule has 0 aliphatic carbocycles. The molecular formula is C20H27F3N2O3Si. The predicted molar refractivity (Wildman–Crippen MR) is 107 cm³/mol. The van der Waals surface area contributed by atoms with Gasteiger partial charge in [-0.15, -0.1) is 0 Å². The Bertz CT molecular complexity index is 853. The van der Waals surface area contributed by atoms with Crippen molar-refractivity contribution in [2.24, 2.45) is 0 Å². The van der Waals surface area contributed by atoms with Crippen molar-refractivity contribution in [3.05, 3.63) is 41.7 Å². The summed E-state index contributed by atoms with van der Waals surface area (Å²) in [5.41, 5.74) is -0.177. The Morgan fingerprint density at radius 1 is 1.14 bits per heavy atom. The summed E-state index contributed by atoms with van der Waals surface area (Å²) in [7, 11) is -0.752. The van der Waals surface area contributed by atoms with Gasteiger partial charge in [0.2, 0.25) is 0 Å². The molecular weight excluding hydrogens is 401 g/mol. The zero-order chi connectivity index (χ0) is 22.0. The van der Waals surface area contributed by atoms with E-state index >= 15 is 0 Å². The van der Waals surface area contributed by atoms with E-state index in [-0.39, 0.29) is 24.0 Å². The summed E-state index contributed by atoms with van der Waals surface area (Å²) in [6.07, 6.45) is -3.55. The van der Waals surface area contributed by atoms with Crippen molar-refractivity contribution in [2.75, 3.05) is 13.7 Å². The minimum Gasteiger partial charge on any atom is -0.465 e. The Hall–Kier alpha value is -2.13. The molecule has 0 atom stereocenters. The minimum atomic E-state index is -4.55. The maximum Gasteiger partial charge on any atom is 0.434 e. The number of halogens is 3. The second-order valence-electron chi connectivity index (χ2n) is 8.32. The largest absolute Gasteiger partial charge is 0.465 e. The van der Waals surface area contributed by atoms with Crippen LogP contribution in [0.1, 0.15) is 36.8 Å². The number of alkyl halides is 3. The van der Waals surface area contributed by atoms with E-state index in [4.69, 9.17) is 4.43 Å². The quantitative estimate of drug-likeness (QED) is 0.458. The van der Waals surface area contributed by atoms with Crippen LogP contribution in [-0.2, 0) is 21.9 Å². The second kappa shape index (κ2) is 8.31. The smallest absolute Gasteiger partial charge is 0.434 e. The molecule has 2 rings (SSSR count). The van der Waals surface area contributed by atoms with Gasteiger partial charge in [0.05, 0.1) is 19.3 Å². The molecule has 1 aromatic heterocycles. The minimum absolute atomic E-state index is 0.00557. The van der Waals surface area contributed by atoms with Gasteiger partial charge in [-0.05, 0) is 30.3 Å². The van der Waals surface area contributed by atoms with Gasteiger partial charge in [-0.2, -0.15) is 13.2 Å². The van der Waals surface area contributed by atoms with Gasteiger partial charge in [-0.25, -0.2) is 9.78 Å². The van der Waals surface area contributed by atoms with Crippen molar-refractivity contribution >= 4 is 14.3 Å². The summed E-state index contributed by atoms with van der Waals surface area (Å²) in [6.45, 7) is 11.0. The van der Waals surface area contributed by atoms with Crippen molar-refractivity contribution in [1.29, 1.82) is 0 Å². The summed E-state index contributed by atoms with van der Waals surface area (Å²) in [4.78, 5) is 15.4. The van der Waals surface area contributed by atoms with Crippen molar-refractivity contribution < 1.29 is 27.1 Å². The van der Waals surface area contributed by atoms with E-state index in [9.17, 15) is 18.0 Å². The van der Waals surface area contributed by atoms with Crippen molar-refractivity contribution in [2.45, 2.75) is 51.6 Å². The van der Waals surface area contributed by atoms with Crippen LogP contribution in [0.4, 0.5) is 13.2 Å². The molecule has 0 amide bonds. The molecule has 0 saturated carbocycles. The highest BCUT2D eigenvalue weighted by Crippen LogP contribution is 2.36. The van der Waals surface area contributed by atoms with Crippen LogP contribution in [0, 0.1) is 0 Å². The first-order valence-electron chi connectivity index (χ1n) is 9.23. The second-order valence-corrected chi connectivity index (χ2v) is 13.1. The topological polar surface area (TPSA) is 53.3 Å². The number of benzene rings is 1. The molecule has 160 valence electrons. The maximum absolute atomic E-state index is 13.2. The van der Waals surface area contributed by atoms with Crippen LogP contribution in [-0.4, -0.2) is 37.6 Å². The number of ether oxygens (including phenoxy) is 1. The van der Waals surface area contributed by atoms with E-state index in [0.717, 1.165) is 6.20 Å². The molecule has 29 heavy (non-hydrogen) atoms. The number of imidazole rings is 1. The summed E-state index contributed by atoms with van der Waals surface area (Å²) < 4.78 is 51.8. The van der Waals surface area contributed by atoms with E-state index in [1.165, 1.54) is 23.8 Å². The van der Waals surface area contributed by atoms with Gasteiger partial charge < -0.3 is 13.7 Å². The number of esters is 1. The highest BCUT2D eigenvalue weighted by atomic mass is 28.4. The van der Waals surface area contributed by atoms with Crippen LogP contribution in [0.25, 0.3) is 11.4 Å². The molecule has 0 bridgehead atoms. The average Bonchev–Trinajstić information content (AvgIpc) is 3.04. The first kappa shape index (κ1) is 23.1. The van der Waals surface area contributed by atoms with Gasteiger partial charge >= 0.3 is 12.1 Å². The number of aromatic nitrogens is 2. The summed E-state index contributed by atoms with van der Waals surface area (Å²) >= 11 is 0. The predicted octanol–water partition coefficient (Wildman–Crippen LogP) is 5.38. The fraction of sp³-hybridized carbons (Fsp3) is 0.500. The van der Waals surface area contributed by atoms with Crippen LogP contribution >= 0.6 is 0 Å². The SMILES string of the molecule is COC(=O)c1ccc(-c2nc(C(F)(F)F)cn2CCO[Si](C)(C)C(C)(C)C)cc1. The molecule has 0 aliphatic rings. The Balaban J connectivity index is 2.30. The third-order valence-corrected chi connectivity index (χ3v) is 9.77. The lowest BCUT2D eigenvalue weighted by atomic mass is 10.1. The molecule has 9 heteroatoms. The van der Waals surface area contributed by atoms with E-state index in [1.54, 1.807) is 12.1 Å². The van der Waals surface area contributed by atoms with Crippen LogP contribution in [0.15, 0.2) is 30.5 Å². The molecule has 1 heterocycles. The molecule has 0 N–H and O–H groups in total. The van der Waals surface area contributed by atoms with E-state index < -0.39 is 26.2 Å². The van der Waals surface area contributed by atoms with Crippen LogP contribution in [0.2, 0.25) is 18.1 Å². The maximum atomic E-state index is 13.2. The number of carbonyl (C=O) groups excluding carboxylic acids is 1. The zero-order valence-electron chi connectivity index (χ0n) is 17.6. The van der Waals surface area contributed by atoms with E-state index in [2.05, 4.69) is 43.6 Å². The standard InChI is InChI=1S/C20H27F3N2O3Si/c1-19(2,3)29(5,6)28-12-11-25-13-16(20(21,22)23)24-17(25)14-7-9-15(10-8-14)18(26)27-4/h7-10,13H,11-12H2,1-6H3. The van der Waals surface area contributed by atoms with Crippen LogP contribution in [0.3, 0.4) is 0 Å². The molecule has 1 aromatic carbocycles. The van der Waals surface area contributed by atoms with Gasteiger partial charge in [0.15, 0.2) is 14.0 Å². The lowest BCUT2D eigenvalue weighted by molar-refractivity contribution is -0.140. The first-order valence-corrected chi connectivity index (χ1v) is 12.1. The van der Waals surface area contributed by atoms with Gasteiger partial charge in [-0.1, -0.05) is 32.9 Å². The highest BCUT2D eigenvalue weighted by Gasteiger charge is 2.37. The molecule has 2 aromatic rings. The van der Waals surface area contributed by atoms with Crippen molar-refractivity contribution in [3.8, 4) is 11.4 Å². The lowest BCUT2D eigenvalue weighted by Crippen LogP contribution is -2.41. The zero-order valence-corrected chi connectivity index (χ0v) is 18.6. The van der Waals surface area contributed by atoms with Gasteiger partial charge in [0, 0.05) is 18.3 Å². The summed E-state index contributed by atoms with van der Waals surface area (Å²) in [5.74, 6) is -0.341. The monoisotopic (exact) mass is 428 g/mol. The number of nitrogens with zero attached hydrogens (tertiary/aromatic N) is 2. The Morgan fingerprint density at radius 2 is 1.72 bits per heavy atom. The van der Waals surface area contributed by atoms with E-state index in [1.807, 2.05) is 0 Å². The van der Waals surface area contributed by atoms with Gasteiger partial charge in [-0.3, -0.25) is 0 Å². The molecule has 0 fully saturated rings. The first-order chi connectivity index (χ1) is 13.3. The highest BCUT2D eigenvalue weighted by molar-refractivity contribution is 6.74. The molecule has 0 unspecified atom stereocenters. The van der Waals surface area contributed by atoms with Crippen LogP contribution in [0.5, 0.6) is 0 Å². The molecule has 0 radical (unpaired) electrons. The fourth-order valence-corrected chi connectivity index (χ4v) is 3.48. The number of rotatable bonds is 6. The normalized spacial score (nSPS) is 12.9. The summed E-state index contributed by atoms with van der Waals surface area (Å²) in [5, 5.41) is 0.00557. The van der Waals surface area contributed by atoms with Gasteiger partial charge in [0.25, 0.3) is 0 Å². The number of methoxy groups -OCH3 is 1. The number of carbonyl (C=O) groups is 1. The van der Waals surface area contributed by atoms with Crippen molar-refractivity contribution in [1.82, 2.24) is 9.55 Å². The van der Waals surface area contributed by atoms with Crippen LogP contribution < -0.4 is 0 Å². The van der Waals surface area contributed by atoms with E-state index in [0.29, 0.717) is 11.1 Å². The third-order valence-electron chi connectivity index (χ3n) is 5.23. The number of hydrogen-bond donors (Lipinski definition) is 0. The Kier molecular flexibility index (Phi) is 6.64. The van der Waals surface area contributed by atoms with Gasteiger partial charge in [0.1, 0.15) is 5.82 Å². The summed E-state index contributed by atoms with van der Waals surface area (Å²) in [6, 6.07) is 6.11. The van der Waals surface area contributed by atoms with Crippen molar-refractivity contribution in [3.63, 3.8) is 0 Å². The molecule has 5 nitrogen and oxygen atoms in total. The third kappa shape index (κ3) is 5.48. The lowest BCUT2D eigenvalue weighted by Gasteiger charge is -2.36. The number of hydrogen-bond acceptors (Lipinski definition) is 4. The average molecular weight is 429 g/mol. The molecule has 0 aliphatic heterocycles. The fourth-order valence-electron chi connectivity index (χ4n) is 2.44. The Labute approximate surface area is 170 Å². The molecule has 0 spiro atoms. The Morgan fingerprint density at radius 3 is 2.21 bits per heavy atom.